The van der Waals surface area contributed by atoms with Gasteiger partial charge in [0.25, 0.3) is 11.8 Å². The van der Waals surface area contributed by atoms with Crippen molar-refractivity contribution in [3.8, 4) is 0 Å². The monoisotopic (exact) mass is 377 g/mol. The van der Waals surface area contributed by atoms with Crippen molar-refractivity contribution in [2.45, 2.75) is 26.2 Å². The second kappa shape index (κ2) is 7.64. The van der Waals surface area contributed by atoms with Crippen LogP contribution in [0.1, 0.15) is 47.4 Å². The first-order chi connectivity index (χ1) is 13.3. The molecule has 3 aromatic rings. The van der Waals surface area contributed by atoms with Gasteiger partial charge in [-0.2, -0.15) is 5.10 Å². The molecule has 2 aromatic heterocycles. The fourth-order valence-electron chi connectivity index (χ4n) is 2.62. The van der Waals surface area contributed by atoms with E-state index in [0.717, 1.165) is 5.69 Å². The van der Waals surface area contributed by atoms with Crippen LogP contribution < -0.4 is 10.6 Å². The highest BCUT2D eigenvalue weighted by Crippen LogP contribution is 2.24. The third kappa shape index (κ3) is 4.25. The summed E-state index contributed by atoms with van der Waals surface area (Å²) in [6.07, 6.45) is 1.55. The number of para-hydroxylation sites is 2. The summed E-state index contributed by atoms with van der Waals surface area (Å²) in [6.45, 7) is 6.12. The first kappa shape index (κ1) is 19.3. The molecular formula is C21H23N5O2. The van der Waals surface area contributed by atoms with E-state index >= 15 is 0 Å². The quantitative estimate of drug-likeness (QED) is 0.727. The van der Waals surface area contributed by atoms with Crippen LogP contribution in [0.2, 0.25) is 0 Å². The number of hydrogen-bond donors (Lipinski definition) is 2. The molecule has 28 heavy (non-hydrogen) atoms. The smallest absolute Gasteiger partial charge is 0.274 e. The number of nitrogens with zero attached hydrogens (tertiary/aromatic N) is 3. The molecule has 0 unspecified atom stereocenters. The molecule has 0 atom stereocenters. The highest BCUT2D eigenvalue weighted by molar-refractivity contribution is 6.08. The van der Waals surface area contributed by atoms with E-state index in [0.29, 0.717) is 22.8 Å². The second-order valence-corrected chi connectivity index (χ2v) is 7.46. The minimum atomic E-state index is -0.349. The number of pyridine rings is 1. The highest BCUT2D eigenvalue weighted by Gasteiger charge is 2.22. The van der Waals surface area contributed by atoms with E-state index in [1.165, 1.54) is 0 Å². The first-order valence-electron chi connectivity index (χ1n) is 8.93. The van der Waals surface area contributed by atoms with Gasteiger partial charge in [0.2, 0.25) is 0 Å². The largest absolute Gasteiger partial charge is 0.319 e. The standard InChI is InChI=1S/C21H23N5O2/c1-21(2,3)18-13-17(26(4)25-18)20(28)24-15-10-6-5-9-14(15)23-19(27)16-11-7-8-12-22-16/h5-13H,1-4H3,(H,23,27)(H,24,28). The van der Waals surface area contributed by atoms with Crippen molar-refractivity contribution in [3.63, 3.8) is 0 Å². The molecule has 0 aliphatic carbocycles. The summed E-state index contributed by atoms with van der Waals surface area (Å²) in [6, 6.07) is 13.9. The summed E-state index contributed by atoms with van der Waals surface area (Å²) in [5.74, 6) is -0.650. The van der Waals surface area contributed by atoms with E-state index in [1.807, 2.05) is 20.8 Å². The summed E-state index contributed by atoms with van der Waals surface area (Å²) in [5, 5.41) is 10.1. The van der Waals surface area contributed by atoms with Crippen molar-refractivity contribution in [2.75, 3.05) is 10.6 Å². The Labute approximate surface area is 163 Å². The lowest BCUT2D eigenvalue weighted by Gasteiger charge is -2.13. The molecule has 7 nitrogen and oxygen atoms in total. The van der Waals surface area contributed by atoms with Crippen molar-refractivity contribution in [1.29, 1.82) is 0 Å². The molecule has 0 saturated carbocycles. The van der Waals surface area contributed by atoms with E-state index in [4.69, 9.17) is 0 Å². The third-order valence-corrected chi connectivity index (χ3v) is 4.20. The molecule has 0 saturated heterocycles. The minimum absolute atomic E-state index is 0.162. The predicted octanol–water partition coefficient (Wildman–Crippen LogP) is 3.62. The van der Waals surface area contributed by atoms with Crippen molar-refractivity contribution in [1.82, 2.24) is 14.8 Å². The molecule has 0 fully saturated rings. The van der Waals surface area contributed by atoms with Gasteiger partial charge in [-0.05, 0) is 30.3 Å². The lowest BCUT2D eigenvalue weighted by Crippen LogP contribution is -2.19. The number of benzene rings is 1. The fourth-order valence-corrected chi connectivity index (χ4v) is 2.62. The number of carbonyl (C=O) groups excluding carboxylic acids is 2. The van der Waals surface area contributed by atoms with Gasteiger partial charge in [-0.15, -0.1) is 0 Å². The van der Waals surface area contributed by atoms with Gasteiger partial charge in [0.1, 0.15) is 11.4 Å². The molecular weight excluding hydrogens is 354 g/mol. The number of rotatable bonds is 4. The van der Waals surface area contributed by atoms with Gasteiger partial charge >= 0.3 is 0 Å². The fraction of sp³-hybridized carbons (Fsp3) is 0.238. The zero-order chi connectivity index (χ0) is 20.3. The molecule has 0 bridgehead atoms. The van der Waals surface area contributed by atoms with Crippen LogP contribution in [0, 0.1) is 0 Å². The van der Waals surface area contributed by atoms with E-state index in [1.54, 1.807) is 66.5 Å². The Morgan fingerprint density at radius 2 is 1.54 bits per heavy atom. The van der Waals surface area contributed by atoms with E-state index in [2.05, 4.69) is 20.7 Å². The van der Waals surface area contributed by atoms with E-state index in [-0.39, 0.29) is 17.2 Å². The Morgan fingerprint density at radius 1 is 0.929 bits per heavy atom. The molecule has 0 spiro atoms. The summed E-state index contributed by atoms with van der Waals surface area (Å²) in [7, 11) is 1.74. The van der Waals surface area contributed by atoms with Gasteiger partial charge in [0.05, 0.1) is 17.1 Å². The Hall–Kier alpha value is -3.48. The number of anilines is 2. The van der Waals surface area contributed by atoms with E-state index in [9.17, 15) is 9.59 Å². The van der Waals surface area contributed by atoms with Crippen LogP contribution in [0.3, 0.4) is 0 Å². The van der Waals surface area contributed by atoms with E-state index < -0.39 is 0 Å². The molecule has 0 aliphatic heterocycles. The number of amides is 2. The van der Waals surface area contributed by atoms with Crippen LogP contribution in [-0.4, -0.2) is 26.6 Å². The summed E-state index contributed by atoms with van der Waals surface area (Å²) in [5.41, 5.74) is 2.39. The number of nitrogens with one attached hydrogen (secondary N) is 2. The maximum Gasteiger partial charge on any atom is 0.274 e. The van der Waals surface area contributed by atoms with Crippen LogP contribution in [0.25, 0.3) is 0 Å². The molecule has 7 heteroatoms. The van der Waals surface area contributed by atoms with Crippen LogP contribution >= 0.6 is 0 Å². The van der Waals surface area contributed by atoms with Crippen molar-refractivity contribution in [2.24, 2.45) is 7.05 Å². The van der Waals surface area contributed by atoms with Crippen LogP contribution in [0.5, 0.6) is 0 Å². The molecule has 1 aromatic carbocycles. The maximum atomic E-state index is 12.8. The zero-order valence-electron chi connectivity index (χ0n) is 16.4. The molecule has 0 aliphatic rings. The Balaban J connectivity index is 1.81. The summed E-state index contributed by atoms with van der Waals surface area (Å²) < 4.78 is 1.56. The van der Waals surface area contributed by atoms with Crippen LogP contribution in [-0.2, 0) is 12.5 Å². The molecule has 144 valence electrons. The minimum Gasteiger partial charge on any atom is -0.319 e. The van der Waals surface area contributed by atoms with Crippen molar-refractivity contribution in [3.05, 3.63) is 71.8 Å². The molecule has 2 amide bonds. The van der Waals surface area contributed by atoms with Gasteiger partial charge in [-0.25, -0.2) is 0 Å². The van der Waals surface area contributed by atoms with Gasteiger partial charge in [-0.3, -0.25) is 19.3 Å². The van der Waals surface area contributed by atoms with Crippen molar-refractivity contribution < 1.29 is 9.59 Å². The summed E-state index contributed by atoms with van der Waals surface area (Å²) >= 11 is 0. The van der Waals surface area contributed by atoms with Gasteiger partial charge in [0.15, 0.2) is 0 Å². The normalized spacial score (nSPS) is 11.1. The SMILES string of the molecule is Cn1nc(C(C)(C)C)cc1C(=O)Nc1ccccc1NC(=O)c1ccccn1. The average Bonchev–Trinajstić information content (AvgIpc) is 3.06. The summed E-state index contributed by atoms with van der Waals surface area (Å²) in [4.78, 5) is 29.2. The Kier molecular flexibility index (Phi) is 5.26. The molecule has 3 rings (SSSR count). The topological polar surface area (TPSA) is 88.9 Å². The zero-order valence-corrected chi connectivity index (χ0v) is 16.4. The van der Waals surface area contributed by atoms with Gasteiger partial charge < -0.3 is 10.6 Å². The Morgan fingerprint density at radius 3 is 2.07 bits per heavy atom. The number of hydrogen-bond acceptors (Lipinski definition) is 4. The maximum absolute atomic E-state index is 12.8. The van der Waals surface area contributed by atoms with Crippen LogP contribution in [0.4, 0.5) is 11.4 Å². The average molecular weight is 377 g/mol. The molecule has 2 N–H and O–H groups in total. The van der Waals surface area contributed by atoms with Crippen molar-refractivity contribution >= 4 is 23.2 Å². The number of carbonyl (C=O) groups is 2. The highest BCUT2D eigenvalue weighted by atomic mass is 16.2. The molecule has 2 heterocycles. The number of aromatic nitrogens is 3. The third-order valence-electron chi connectivity index (χ3n) is 4.20. The van der Waals surface area contributed by atoms with Gasteiger partial charge in [-0.1, -0.05) is 39.0 Å². The first-order valence-corrected chi connectivity index (χ1v) is 8.93. The Bertz CT molecular complexity index is 1000. The van der Waals surface area contributed by atoms with Crippen LogP contribution in [0.15, 0.2) is 54.7 Å². The lowest BCUT2D eigenvalue weighted by atomic mass is 9.92. The van der Waals surface area contributed by atoms with Gasteiger partial charge in [0, 0.05) is 18.7 Å². The lowest BCUT2D eigenvalue weighted by molar-refractivity contribution is 0.100. The second-order valence-electron chi connectivity index (χ2n) is 7.46. The predicted molar refractivity (Wildman–Crippen MR) is 108 cm³/mol. The number of aryl methyl sites for hydroxylation is 1. The molecule has 0 radical (unpaired) electrons.